The highest BCUT2D eigenvalue weighted by atomic mass is 35.5. The second-order valence-electron chi connectivity index (χ2n) is 6.12. The first-order valence-corrected chi connectivity index (χ1v) is 8.94. The number of benzene rings is 1. The monoisotopic (exact) mass is 351 g/mol. The number of likely N-dealkylation sites (N-methyl/N-ethyl adjacent to an activating group) is 1. The van der Waals surface area contributed by atoms with Gasteiger partial charge in [0.15, 0.2) is 0 Å². The molecule has 1 aromatic rings. The summed E-state index contributed by atoms with van der Waals surface area (Å²) in [5.74, 6) is -0.898. The maximum absolute atomic E-state index is 12.5. The van der Waals surface area contributed by atoms with Gasteiger partial charge in [-0.3, -0.25) is 14.5 Å². The Bertz CT molecular complexity index is 572. The topological polar surface area (TPSA) is 52.7 Å². The average molecular weight is 352 g/mol. The van der Waals surface area contributed by atoms with Crippen molar-refractivity contribution in [1.82, 2.24) is 10.2 Å². The molecular formula is C18H26ClN3O2. The summed E-state index contributed by atoms with van der Waals surface area (Å²) in [5.41, 5.74) is 0.788. The molecule has 1 saturated heterocycles. The van der Waals surface area contributed by atoms with Gasteiger partial charge in [0, 0.05) is 29.8 Å². The standard InChI is InChI=1S/C18H26ClN3O2/c1-4-21(5-2)13(3)12-20-17(23)16-10-11-22(18(16)24)15-8-6-14(19)7-9-15/h6-9,13,16H,4-5,10-12H2,1-3H3,(H,20,23). The van der Waals surface area contributed by atoms with Gasteiger partial charge in [0.2, 0.25) is 11.8 Å². The predicted molar refractivity (Wildman–Crippen MR) is 97.3 cm³/mol. The second-order valence-corrected chi connectivity index (χ2v) is 6.56. The van der Waals surface area contributed by atoms with Crippen LogP contribution in [0.2, 0.25) is 5.02 Å². The van der Waals surface area contributed by atoms with Crippen LogP contribution in [0.15, 0.2) is 24.3 Å². The molecule has 1 aliphatic heterocycles. The quantitative estimate of drug-likeness (QED) is 0.768. The summed E-state index contributed by atoms with van der Waals surface area (Å²) in [4.78, 5) is 28.9. The van der Waals surface area contributed by atoms with Crippen LogP contribution >= 0.6 is 11.6 Å². The van der Waals surface area contributed by atoms with Crippen LogP contribution in [-0.2, 0) is 9.59 Å². The first-order valence-electron chi connectivity index (χ1n) is 8.56. The van der Waals surface area contributed by atoms with Crippen molar-refractivity contribution in [2.45, 2.75) is 33.2 Å². The molecule has 1 N–H and O–H groups in total. The van der Waals surface area contributed by atoms with E-state index in [9.17, 15) is 9.59 Å². The van der Waals surface area contributed by atoms with Gasteiger partial charge in [-0.1, -0.05) is 25.4 Å². The van der Waals surface area contributed by atoms with E-state index in [2.05, 4.69) is 31.0 Å². The fraction of sp³-hybridized carbons (Fsp3) is 0.556. The molecule has 0 bridgehead atoms. The summed E-state index contributed by atoms with van der Waals surface area (Å²) in [6, 6.07) is 7.38. The third-order valence-electron chi connectivity index (χ3n) is 4.67. The Morgan fingerprint density at radius 2 is 1.96 bits per heavy atom. The minimum atomic E-state index is -0.593. The van der Waals surface area contributed by atoms with Crippen LogP contribution in [-0.4, -0.2) is 48.9 Å². The van der Waals surface area contributed by atoms with Crippen molar-refractivity contribution in [3.63, 3.8) is 0 Å². The largest absolute Gasteiger partial charge is 0.354 e. The lowest BCUT2D eigenvalue weighted by Crippen LogP contribution is -2.44. The van der Waals surface area contributed by atoms with Gasteiger partial charge in [-0.15, -0.1) is 0 Å². The summed E-state index contributed by atoms with van der Waals surface area (Å²) in [6.07, 6.45) is 0.549. The molecule has 0 aliphatic carbocycles. The summed E-state index contributed by atoms with van der Waals surface area (Å²) in [5, 5.41) is 3.57. The summed E-state index contributed by atoms with van der Waals surface area (Å²) >= 11 is 5.88. The molecule has 2 unspecified atom stereocenters. The predicted octanol–water partition coefficient (Wildman–Crippen LogP) is 2.54. The molecule has 2 amide bonds. The molecule has 132 valence electrons. The van der Waals surface area contributed by atoms with Crippen molar-refractivity contribution in [1.29, 1.82) is 0 Å². The van der Waals surface area contributed by atoms with E-state index in [4.69, 9.17) is 11.6 Å². The second kappa shape index (κ2) is 8.49. The number of rotatable bonds is 7. The van der Waals surface area contributed by atoms with Gasteiger partial charge in [0.1, 0.15) is 5.92 Å². The summed E-state index contributed by atoms with van der Waals surface area (Å²) in [7, 11) is 0. The van der Waals surface area contributed by atoms with Crippen molar-refractivity contribution in [3.8, 4) is 0 Å². The lowest BCUT2D eigenvalue weighted by atomic mass is 10.1. The number of carbonyl (C=O) groups excluding carboxylic acids is 2. The van der Waals surface area contributed by atoms with E-state index in [1.807, 2.05) is 12.1 Å². The normalized spacial score (nSPS) is 19.0. The molecule has 1 aromatic carbocycles. The van der Waals surface area contributed by atoms with Crippen molar-refractivity contribution in [3.05, 3.63) is 29.3 Å². The molecule has 1 aliphatic rings. The van der Waals surface area contributed by atoms with Crippen molar-refractivity contribution >= 4 is 29.1 Å². The van der Waals surface area contributed by atoms with Crippen molar-refractivity contribution in [2.24, 2.45) is 5.92 Å². The maximum atomic E-state index is 12.5. The average Bonchev–Trinajstić information content (AvgIpc) is 2.96. The number of amides is 2. The van der Waals surface area contributed by atoms with E-state index in [0.29, 0.717) is 24.5 Å². The fourth-order valence-corrected chi connectivity index (χ4v) is 3.27. The van der Waals surface area contributed by atoms with E-state index in [-0.39, 0.29) is 17.9 Å². The van der Waals surface area contributed by atoms with Crippen LogP contribution in [0.5, 0.6) is 0 Å². The molecule has 0 saturated carbocycles. The van der Waals surface area contributed by atoms with E-state index in [0.717, 1.165) is 18.8 Å². The first kappa shape index (κ1) is 18.7. The Balaban J connectivity index is 1.92. The van der Waals surface area contributed by atoms with Crippen LogP contribution < -0.4 is 10.2 Å². The van der Waals surface area contributed by atoms with E-state index >= 15 is 0 Å². The molecule has 0 aromatic heterocycles. The van der Waals surface area contributed by atoms with E-state index in [1.165, 1.54) is 0 Å². The van der Waals surface area contributed by atoms with Gasteiger partial charge < -0.3 is 10.2 Å². The fourth-order valence-electron chi connectivity index (χ4n) is 3.15. The molecule has 6 heteroatoms. The van der Waals surface area contributed by atoms with Crippen LogP contribution in [0.4, 0.5) is 5.69 Å². The molecule has 2 atom stereocenters. The molecule has 0 radical (unpaired) electrons. The van der Waals surface area contributed by atoms with E-state index in [1.54, 1.807) is 17.0 Å². The summed E-state index contributed by atoms with van der Waals surface area (Å²) < 4.78 is 0. The van der Waals surface area contributed by atoms with Gasteiger partial charge >= 0.3 is 0 Å². The van der Waals surface area contributed by atoms with Crippen LogP contribution in [0.25, 0.3) is 0 Å². The SMILES string of the molecule is CCN(CC)C(C)CNC(=O)C1CCN(c2ccc(Cl)cc2)C1=O. The molecule has 24 heavy (non-hydrogen) atoms. The molecule has 1 heterocycles. The minimum Gasteiger partial charge on any atom is -0.354 e. The number of carbonyl (C=O) groups is 2. The first-order chi connectivity index (χ1) is 11.5. The Morgan fingerprint density at radius 3 is 2.54 bits per heavy atom. The number of hydrogen-bond donors (Lipinski definition) is 1. The Labute approximate surface area is 149 Å². The summed E-state index contributed by atoms with van der Waals surface area (Å²) in [6.45, 7) is 9.30. The smallest absolute Gasteiger partial charge is 0.239 e. The highest BCUT2D eigenvalue weighted by Crippen LogP contribution is 2.26. The maximum Gasteiger partial charge on any atom is 0.239 e. The number of halogens is 1. The number of anilines is 1. The highest BCUT2D eigenvalue weighted by Gasteiger charge is 2.37. The van der Waals surface area contributed by atoms with Gasteiger partial charge in [-0.25, -0.2) is 0 Å². The Hall–Kier alpha value is -1.59. The third kappa shape index (κ3) is 4.28. The van der Waals surface area contributed by atoms with Crippen LogP contribution in [0.3, 0.4) is 0 Å². The third-order valence-corrected chi connectivity index (χ3v) is 4.92. The van der Waals surface area contributed by atoms with Crippen LogP contribution in [0.1, 0.15) is 27.2 Å². The Morgan fingerprint density at radius 1 is 1.33 bits per heavy atom. The lowest BCUT2D eigenvalue weighted by molar-refractivity contribution is -0.132. The van der Waals surface area contributed by atoms with Gasteiger partial charge in [-0.2, -0.15) is 0 Å². The highest BCUT2D eigenvalue weighted by molar-refractivity contribution is 6.30. The zero-order valence-electron chi connectivity index (χ0n) is 14.6. The molecule has 5 nitrogen and oxygen atoms in total. The van der Waals surface area contributed by atoms with Gasteiger partial charge in [0.05, 0.1) is 0 Å². The zero-order valence-corrected chi connectivity index (χ0v) is 15.3. The number of hydrogen-bond acceptors (Lipinski definition) is 3. The molecule has 1 fully saturated rings. The minimum absolute atomic E-state index is 0.134. The molecular weight excluding hydrogens is 326 g/mol. The lowest BCUT2D eigenvalue weighted by Gasteiger charge is -2.26. The van der Waals surface area contributed by atoms with E-state index < -0.39 is 5.92 Å². The van der Waals surface area contributed by atoms with Gasteiger partial charge in [-0.05, 0) is 50.7 Å². The van der Waals surface area contributed by atoms with Crippen molar-refractivity contribution < 1.29 is 9.59 Å². The van der Waals surface area contributed by atoms with Gasteiger partial charge in [0.25, 0.3) is 0 Å². The number of nitrogens with one attached hydrogen (secondary N) is 1. The van der Waals surface area contributed by atoms with Crippen molar-refractivity contribution in [2.75, 3.05) is 31.1 Å². The zero-order chi connectivity index (χ0) is 17.7. The Kier molecular flexibility index (Phi) is 6.63. The van der Waals surface area contributed by atoms with Crippen LogP contribution in [0, 0.1) is 5.92 Å². The molecule has 0 spiro atoms. The molecule has 2 rings (SSSR count). The number of nitrogens with zero attached hydrogens (tertiary/aromatic N) is 2.